The van der Waals surface area contributed by atoms with E-state index in [0.717, 1.165) is 32.1 Å². The second kappa shape index (κ2) is 19.4. The summed E-state index contributed by atoms with van der Waals surface area (Å²) in [5.41, 5.74) is 0.243. The van der Waals surface area contributed by atoms with Gasteiger partial charge in [0.1, 0.15) is 54.9 Å². The lowest BCUT2D eigenvalue weighted by Gasteiger charge is -2.47. The standard InChI is InChI=1S/C36H55NO17/c1-17-26(39)28(41)29(42)35(50-17)54-31-21(11-12-49-24(31)15-37-33(44)19-9-10-20(47-2)22(14-19)48-3)52-36-30(43)32(27(40)25(16-38)53-36)51-23(34(45)46)13-18-7-5-4-6-8-18/h9-10,14,17-18,21,23-32,35-36,38-43H,4-8,11-13,15-16H2,1-3H3,(H,37,44)(H,45,46). The van der Waals surface area contributed by atoms with Gasteiger partial charge in [0.25, 0.3) is 5.91 Å². The third-order valence-electron chi connectivity index (χ3n) is 10.7. The van der Waals surface area contributed by atoms with Crippen molar-refractivity contribution in [1.29, 1.82) is 0 Å². The monoisotopic (exact) mass is 773 g/mol. The number of carboxylic acid groups (broad SMARTS) is 1. The average Bonchev–Trinajstić information content (AvgIpc) is 3.17. The lowest BCUT2D eigenvalue weighted by atomic mass is 9.85. The summed E-state index contributed by atoms with van der Waals surface area (Å²) >= 11 is 0. The van der Waals surface area contributed by atoms with E-state index in [9.17, 15) is 45.3 Å². The molecule has 1 aromatic rings. The van der Waals surface area contributed by atoms with E-state index in [2.05, 4.69) is 5.32 Å². The molecular formula is C36H55NO17. The van der Waals surface area contributed by atoms with Crippen molar-refractivity contribution >= 4 is 11.9 Å². The third-order valence-corrected chi connectivity index (χ3v) is 10.7. The van der Waals surface area contributed by atoms with Crippen LogP contribution >= 0.6 is 0 Å². The van der Waals surface area contributed by atoms with Crippen molar-refractivity contribution in [3.8, 4) is 11.5 Å². The highest BCUT2D eigenvalue weighted by Crippen LogP contribution is 2.34. The lowest BCUT2D eigenvalue weighted by Crippen LogP contribution is -2.64. The number of aliphatic hydroxyl groups is 6. The molecule has 54 heavy (non-hydrogen) atoms. The number of carbonyl (C=O) groups is 2. The van der Waals surface area contributed by atoms with Crippen LogP contribution in [0.25, 0.3) is 0 Å². The molecule has 14 atom stereocenters. The zero-order valence-electron chi connectivity index (χ0n) is 30.7. The molecule has 18 nitrogen and oxygen atoms in total. The number of carboxylic acids is 1. The van der Waals surface area contributed by atoms with Gasteiger partial charge in [0.05, 0.1) is 33.0 Å². The topological polar surface area (TPSA) is 262 Å². The largest absolute Gasteiger partial charge is 0.493 e. The second-order valence-corrected chi connectivity index (χ2v) is 14.3. The predicted octanol–water partition coefficient (Wildman–Crippen LogP) is -0.932. The number of nitrogens with one attached hydrogen (secondary N) is 1. The van der Waals surface area contributed by atoms with Crippen LogP contribution in [-0.2, 0) is 33.2 Å². The molecule has 14 unspecified atom stereocenters. The van der Waals surface area contributed by atoms with Gasteiger partial charge in [0.2, 0.25) is 0 Å². The molecule has 1 aromatic carbocycles. The van der Waals surface area contributed by atoms with Crippen LogP contribution in [0.4, 0.5) is 0 Å². The molecule has 0 bridgehead atoms. The van der Waals surface area contributed by atoms with E-state index >= 15 is 0 Å². The molecule has 3 heterocycles. The summed E-state index contributed by atoms with van der Waals surface area (Å²) in [6, 6.07) is 4.60. The summed E-state index contributed by atoms with van der Waals surface area (Å²) in [5.74, 6) is -0.916. The predicted molar refractivity (Wildman–Crippen MR) is 184 cm³/mol. The van der Waals surface area contributed by atoms with E-state index in [1.807, 2.05) is 0 Å². The van der Waals surface area contributed by atoms with Gasteiger partial charge in [-0.1, -0.05) is 32.1 Å². The van der Waals surface area contributed by atoms with Crippen molar-refractivity contribution in [3.63, 3.8) is 0 Å². The Bertz CT molecular complexity index is 1360. The first kappa shape index (κ1) is 42.4. The SMILES string of the molecule is COc1ccc(C(=O)NCC2OCCC(OC3OC(CO)C(O)C(OC(CC4CCCCC4)C(=O)O)C3O)C2OC2OC(C)C(O)C(O)C2O)cc1OC. The van der Waals surface area contributed by atoms with Crippen LogP contribution in [0.1, 0.15) is 62.2 Å². The molecule has 4 fully saturated rings. The lowest BCUT2D eigenvalue weighted by molar-refractivity contribution is -0.355. The number of hydrogen-bond donors (Lipinski definition) is 8. The molecule has 0 spiro atoms. The van der Waals surface area contributed by atoms with Crippen molar-refractivity contribution in [2.75, 3.05) is 34.0 Å². The van der Waals surface area contributed by atoms with E-state index in [4.69, 9.17) is 37.9 Å². The van der Waals surface area contributed by atoms with Crippen LogP contribution < -0.4 is 14.8 Å². The summed E-state index contributed by atoms with van der Waals surface area (Å²) in [6.07, 6.45) is -14.6. The molecule has 3 aliphatic heterocycles. The number of benzene rings is 1. The van der Waals surface area contributed by atoms with Crippen LogP contribution in [0.5, 0.6) is 11.5 Å². The van der Waals surface area contributed by atoms with E-state index in [-0.39, 0.29) is 37.5 Å². The molecule has 5 rings (SSSR count). The number of methoxy groups -OCH3 is 2. The molecule has 4 aliphatic rings. The molecule has 1 aliphatic carbocycles. The van der Waals surface area contributed by atoms with Gasteiger partial charge in [-0.25, -0.2) is 4.79 Å². The van der Waals surface area contributed by atoms with Crippen LogP contribution in [-0.4, -0.2) is 167 Å². The minimum absolute atomic E-state index is 0.0600. The highest BCUT2D eigenvalue weighted by molar-refractivity contribution is 5.94. The zero-order chi connectivity index (χ0) is 39.1. The van der Waals surface area contributed by atoms with Crippen molar-refractivity contribution < 1.29 is 83.2 Å². The number of amides is 1. The fourth-order valence-corrected chi connectivity index (χ4v) is 7.51. The zero-order valence-corrected chi connectivity index (χ0v) is 30.7. The highest BCUT2D eigenvalue weighted by atomic mass is 16.7. The van der Waals surface area contributed by atoms with Gasteiger partial charge >= 0.3 is 5.97 Å². The molecule has 0 radical (unpaired) electrons. The summed E-state index contributed by atoms with van der Waals surface area (Å²) in [5, 5.41) is 77.0. The number of hydrogen-bond acceptors (Lipinski definition) is 16. The third kappa shape index (κ3) is 9.98. The molecule has 3 saturated heterocycles. The second-order valence-electron chi connectivity index (χ2n) is 14.3. The Hall–Kier alpha value is -2.72. The van der Waals surface area contributed by atoms with Crippen LogP contribution in [0.2, 0.25) is 0 Å². The Balaban J connectivity index is 1.35. The van der Waals surface area contributed by atoms with Crippen molar-refractivity contribution in [2.24, 2.45) is 5.92 Å². The Kier molecular flexibility index (Phi) is 15.3. The van der Waals surface area contributed by atoms with E-state index in [1.54, 1.807) is 6.07 Å². The smallest absolute Gasteiger partial charge is 0.332 e. The maximum atomic E-state index is 13.2. The first-order chi connectivity index (χ1) is 25.9. The van der Waals surface area contributed by atoms with Gasteiger partial charge in [-0.05, 0) is 43.9 Å². The maximum Gasteiger partial charge on any atom is 0.332 e. The van der Waals surface area contributed by atoms with Gasteiger partial charge in [-0.3, -0.25) is 4.79 Å². The van der Waals surface area contributed by atoms with E-state index in [0.29, 0.717) is 11.5 Å². The molecule has 1 saturated carbocycles. The number of aliphatic carboxylic acids is 1. The number of ether oxygens (including phenoxy) is 8. The Labute approximate surface area is 313 Å². The average molecular weight is 774 g/mol. The fourth-order valence-electron chi connectivity index (χ4n) is 7.51. The fraction of sp³-hybridized carbons (Fsp3) is 0.778. The van der Waals surface area contributed by atoms with Gasteiger partial charge in [0.15, 0.2) is 30.2 Å². The molecule has 8 N–H and O–H groups in total. The Morgan fingerprint density at radius 2 is 1.54 bits per heavy atom. The van der Waals surface area contributed by atoms with Gasteiger partial charge in [-0.2, -0.15) is 0 Å². The Morgan fingerprint density at radius 1 is 0.833 bits per heavy atom. The van der Waals surface area contributed by atoms with E-state index in [1.165, 1.54) is 33.3 Å². The summed E-state index contributed by atoms with van der Waals surface area (Å²) < 4.78 is 46.4. The molecule has 306 valence electrons. The maximum absolute atomic E-state index is 13.2. The minimum atomic E-state index is -1.74. The minimum Gasteiger partial charge on any atom is -0.493 e. The van der Waals surface area contributed by atoms with Crippen molar-refractivity contribution in [2.45, 2.75) is 138 Å². The first-order valence-electron chi connectivity index (χ1n) is 18.5. The summed E-state index contributed by atoms with van der Waals surface area (Å²) in [4.78, 5) is 25.5. The number of carbonyl (C=O) groups excluding carboxylic acids is 1. The van der Waals surface area contributed by atoms with Gasteiger partial charge in [-0.15, -0.1) is 0 Å². The number of aliphatic hydroxyl groups excluding tert-OH is 6. The van der Waals surface area contributed by atoms with E-state index < -0.39 is 104 Å². The van der Waals surface area contributed by atoms with Crippen molar-refractivity contribution in [1.82, 2.24) is 5.32 Å². The normalized spacial score (nSPS) is 36.9. The van der Waals surface area contributed by atoms with Crippen LogP contribution in [0.3, 0.4) is 0 Å². The molecule has 18 heteroatoms. The summed E-state index contributed by atoms with van der Waals surface area (Å²) in [6.45, 7) is 0.658. The number of rotatable bonds is 15. The first-order valence-corrected chi connectivity index (χ1v) is 18.5. The molecular weight excluding hydrogens is 718 g/mol. The Morgan fingerprint density at radius 3 is 2.20 bits per heavy atom. The molecule has 0 aromatic heterocycles. The van der Waals surface area contributed by atoms with Crippen molar-refractivity contribution in [3.05, 3.63) is 23.8 Å². The summed E-state index contributed by atoms with van der Waals surface area (Å²) in [7, 11) is 2.90. The van der Waals surface area contributed by atoms with Crippen LogP contribution in [0, 0.1) is 5.92 Å². The quantitative estimate of drug-likeness (QED) is 0.107. The van der Waals surface area contributed by atoms with Gasteiger partial charge in [0, 0.05) is 18.7 Å². The van der Waals surface area contributed by atoms with Crippen LogP contribution in [0.15, 0.2) is 18.2 Å². The highest BCUT2D eigenvalue weighted by Gasteiger charge is 2.51. The molecule has 1 amide bonds. The van der Waals surface area contributed by atoms with Gasteiger partial charge < -0.3 is 79.0 Å².